The molecule has 2 aliphatic heterocycles. The number of fused-ring (bicyclic) bond motifs is 10. The Hall–Kier alpha value is -5.56. The van der Waals surface area contributed by atoms with Crippen molar-refractivity contribution < 1.29 is 23.7 Å². The van der Waals surface area contributed by atoms with E-state index in [4.69, 9.17) is 23.7 Å². The van der Waals surface area contributed by atoms with E-state index in [1.165, 1.54) is 64.6 Å². The molecule has 342 valence electrons. The predicted molar refractivity (Wildman–Crippen MR) is 270 cm³/mol. The zero-order valence-corrected chi connectivity index (χ0v) is 40.2. The molecular weight excluding hydrogens is 815 g/mol. The third-order valence-electron chi connectivity index (χ3n) is 15.8. The van der Waals surface area contributed by atoms with Gasteiger partial charge in [-0.15, -0.1) is 0 Å². The third-order valence-corrected chi connectivity index (χ3v) is 15.8. The van der Waals surface area contributed by atoms with Crippen molar-refractivity contribution >= 4 is 22.5 Å². The van der Waals surface area contributed by atoms with Crippen LogP contribution in [0.5, 0.6) is 17.2 Å². The largest absolute Gasteiger partial charge is 0.496 e. The van der Waals surface area contributed by atoms with Crippen LogP contribution < -0.4 is 19.1 Å². The Labute approximate surface area is 392 Å². The number of ether oxygens (including phenoxy) is 5. The Morgan fingerprint density at radius 1 is 0.742 bits per heavy atom. The summed E-state index contributed by atoms with van der Waals surface area (Å²) in [7, 11) is 1.79. The molecule has 1 spiro atoms. The van der Waals surface area contributed by atoms with E-state index in [0.29, 0.717) is 12.0 Å². The van der Waals surface area contributed by atoms with Gasteiger partial charge in [-0.2, -0.15) is 0 Å². The van der Waals surface area contributed by atoms with Crippen molar-refractivity contribution in [3.8, 4) is 39.5 Å². The molecule has 2 heterocycles. The SMILES string of the molecule is CCC1(CC)CCC2(CC1)c1ccccc1-c1c2c2c(c3cc(OC)c(-c4ccccc4)cc13)OC(c1ccc(OC(C)(C)CCOC(C)C)cc1)(c1ccc(N3CCOCC3)cc1)C=C2. The van der Waals surface area contributed by atoms with Gasteiger partial charge in [0.2, 0.25) is 0 Å². The smallest absolute Gasteiger partial charge is 0.178 e. The molecule has 6 nitrogen and oxygen atoms in total. The molecule has 1 saturated carbocycles. The molecule has 66 heavy (non-hydrogen) atoms. The first-order valence-electron chi connectivity index (χ1n) is 24.6. The molecule has 0 radical (unpaired) electrons. The average molecular weight is 882 g/mol. The molecule has 1 saturated heterocycles. The first kappa shape index (κ1) is 44.3. The number of methoxy groups -OCH3 is 1. The molecule has 6 aromatic rings. The van der Waals surface area contributed by atoms with E-state index < -0.39 is 11.2 Å². The summed E-state index contributed by atoms with van der Waals surface area (Å²) in [5.41, 5.74) is 11.2. The van der Waals surface area contributed by atoms with E-state index in [2.05, 4.69) is 174 Å². The predicted octanol–water partition coefficient (Wildman–Crippen LogP) is 14.3. The third kappa shape index (κ3) is 7.68. The van der Waals surface area contributed by atoms with Crippen molar-refractivity contribution in [2.45, 2.75) is 109 Å². The second-order valence-electron chi connectivity index (χ2n) is 20.2. The summed E-state index contributed by atoms with van der Waals surface area (Å²) in [6, 6.07) is 42.2. The first-order valence-corrected chi connectivity index (χ1v) is 24.6. The van der Waals surface area contributed by atoms with Gasteiger partial charge in [0.15, 0.2) is 5.60 Å². The van der Waals surface area contributed by atoms with Crippen molar-refractivity contribution in [1.82, 2.24) is 0 Å². The van der Waals surface area contributed by atoms with E-state index >= 15 is 0 Å². The summed E-state index contributed by atoms with van der Waals surface area (Å²) in [6.45, 7) is 17.1. The number of nitrogens with zero attached hydrogens (tertiary/aromatic N) is 1. The topological polar surface area (TPSA) is 49.4 Å². The summed E-state index contributed by atoms with van der Waals surface area (Å²) in [5.74, 6) is 2.55. The fourth-order valence-electron chi connectivity index (χ4n) is 11.8. The molecule has 10 rings (SSSR count). The van der Waals surface area contributed by atoms with E-state index in [0.717, 1.165) is 90.5 Å². The molecule has 2 aliphatic carbocycles. The summed E-state index contributed by atoms with van der Waals surface area (Å²) < 4.78 is 32.5. The van der Waals surface area contributed by atoms with Crippen LogP contribution in [-0.4, -0.2) is 51.7 Å². The van der Waals surface area contributed by atoms with E-state index in [1.54, 1.807) is 7.11 Å². The van der Waals surface area contributed by atoms with Crippen molar-refractivity contribution in [1.29, 1.82) is 0 Å². The molecule has 0 amide bonds. The maximum atomic E-state index is 7.96. The van der Waals surface area contributed by atoms with Gasteiger partial charge in [0.1, 0.15) is 22.8 Å². The molecular formula is C60H67NO5. The van der Waals surface area contributed by atoms with E-state index in [-0.39, 0.29) is 11.5 Å². The molecule has 6 aromatic carbocycles. The minimum absolute atomic E-state index is 0.135. The van der Waals surface area contributed by atoms with Gasteiger partial charge in [-0.25, -0.2) is 0 Å². The van der Waals surface area contributed by atoms with Gasteiger partial charge in [0, 0.05) is 58.3 Å². The van der Waals surface area contributed by atoms with Crippen molar-refractivity contribution in [3.05, 3.63) is 149 Å². The van der Waals surface area contributed by atoms with Gasteiger partial charge in [-0.05, 0) is 134 Å². The van der Waals surface area contributed by atoms with Crippen molar-refractivity contribution in [2.24, 2.45) is 5.41 Å². The van der Waals surface area contributed by atoms with E-state index in [1.807, 2.05) is 0 Å². The van der Waals surface area contributed by atoms with Crippen LogP contribution in [0.1, 0.15) is 114 Å². The highest BCUT2D eigenvalue weighted by Gasteiger charge is 2.52. The number of hydrogen-bond donors (Lipinski definition) is 0. The molecule has 1 unspecified atom stereocenters. The van der Waals surface area contributed by atoms with Crippen LogP contribution in [0.4, 0.5) is 5.69 Å². The maximum Gasteiger partial charge on any atom is 0.178 e. The zero-order chi connectivity index (χ0) is 45.7. The average Bonchev–Trinajstić information content (AvgIpc) is 3.64. The number of rotatable bonds is 13. The molecule has 1 atom stereocenters. The van der Waals surface area contributed by atoms with Gasteiger partial charge in [-0.1, -0.05) is 112 Å². The van der Waals surface area contributed by atoms with Crippen LogP contribution in [-0.2, 0) is 20.5 Å². The van der Waals surface area contributed by atoms with Crippen molar-refractivity contribution in [2.75, 3.05) is 44.9 Å². The highest BCUT2D eigenvalue weighted by molar-refractivity contribution is 6.10. The Balaban J connectivity index is 1.18. The Morgan fingerprint density at radius 2 is 1.41 bits per heavy atom. The lowest BCUT2D eigenvalue weighted by Crippen LogP contribution is -2.38. The fraction of sp³-hybridized carbons (Fsp3) is 0.400. The molecule has 6 heteroatoms. The van der Waals surface area contributed by atoms with Crippen LogP contribution in [0.15, 0.2) is 121 Å². The lowest BCUT2D eigenvalue weighted by Gasteiger charge is -2.47. The van der Waals surface area contributed by atoms with Gasteiger partial charge in [-0.3, -0.25) is 0 Å². The van der Waals surface area contributed by atoms with Crippen LogP contribution in [0.25, 0.3) is 39.1 Å². The number of anilines is 1. The highest BCUT2D eigenvalue weighted by atomic mass is 16.5. The van der Waals surface area contributed by atoms with Gasteiger partial charge < -0.3 is 28.6 Å². The Kier molecular flexibility index (Phi) is 11.8. The zero-order valence-electron chi connectivity index (χ0n) is 40.2. The first-order chi connectivity index (χ1) is 32.0. The second kappa shape index (κ2) is 17.6. The van der Waals surface area contributed by atoms with Gasteiger partial charge in [0.25, 0.3) is 0 Å². The number of hydrogen-bond acceptors (Lipinski definition) is 6. The van der Waals surface area contributed by atoms with Gasteiger partial charge >= 0.3 is 0 Å². The van der Waals surface area contributed by atoms with Crippen LogP contribution in [0, 0.1) is 5.41 Å². The second-order valence-corrected chi connectivity index (χ2v) is 20.2. The van der Waals surface area contributed by atoms with Crippen LogP contribution in [0.2, 0.25) is 0 Å². The lowest BCUT2D eigenvalue weighted by molar-refractivity contribution is 0.0231. The normalized spacial score (nSPS) is 19.4. The number of morpholine rings is 1. The lowest BCUT2D eigenvalue weighted by atomic mass is 9.58. The van der Waals surface area contributed by atoms with Crippen molar-refractivity contribution in [3.63, 3.8) is 0 Å². The van der Waals surface area contributed by atoms with Gasteiger partial charge in [0.05, 0.1) is 33.0 Å². The standard InChI is InChI=1S/C60H67NO5/c1-8-58(9-2)29-31-59(32-30-58)52-18-14-13-17-47(52)54-50-39-49(42-15-11-10-12-16-42)53(62-7)40-51(50)56-48(55(54)59)27-28-60(66-56,43-19-23-45(24-20-43)61-34-37-63-38-35-61)44-21-25-46(26-22-44)65-57(5,6)33-36-64-41(3)4/h10-28,39-41H,8-9,29-38H2,1-7H3. The summed E-state index contributed by atoms with van der Waals surface area (Å²) in [5, 5.41) is 2.26. The maximum absolute atomic E-state index is 7.96. The molecule has 2 fully saturated rings. The Bertz CT molecular complexity index is 2720. The minimum Gasteiger partial charge on any atom is -0.496 e. The molecule has 0 bridgehead atoms. The quantitative estimate of drug-likeness (QED) is 0.115. The minimum atomic E-state index is -0.951. The monoisotopic (exact) mass is 882 g/mol. The summed E-state index contributed by atoms with van der Waals surface area (Å²) in [6.07, 6.45) is 12.8. The highest BCUT2D eigenvalue weighted by Crippen LogP contribution is 2.65. The molecule has 0 N–H and O–H groups in total. The van der Waals surface area contributed by atoms with Crippen LogP contribution >= 0.6 is 0 Å². The molecule has 4 aliphatic rings. The fourth-order valence-corrected chi connectivity index (χ4v) is 11.8. The summed E-state index contributed by atoms with van der Waals surface area (Å²) >= 11 is 0. The Morgan fingerprint density at radius 3 is 2.08 bits per heavy atom. The number of benzene rings is 6. The van der Waals surface area contributed by atoms with E-state index in [9.17, 15) is 0 Å². The summed E-state index contributed by atoms with van der Waals surface area (Å²) in [4.78, 5) is 2.41. The molecule has 0 aromatic heterocycles. The van der Waals surface area contributed by atoms with Crippen LogP contribution in [0.3, 0.4) is 0 Å².